The molecule has 0 bridgehead atoms. The fourth-order valence-electron chi connectivity index (χ4n) is 10.9. The molecular formula is C65H42N2. The van der Waals surface area contributed by atoms with E-state index in [0.717, 1.165) is 33.9 Å². The van der Waals surface area contributed by atoms with Gasteiger partial charge in [0, 0.05) is 33.5 Å². The van der Waals surface area contributed by atoms with Crippen LogP contribution in [0, 0.1) is 12.1 Å². The summed E-state index contributed by atoms with van der Waals surface area (Å²) in [5, 5.41) is 4.88. The zero-order valence-corrected chi connectivity index (χ0v) is 36.6. The highest BCUT2D eigenvalue weighted by Crippen LogP contribution is 2.57. The van der Waals surface area contributed by atoms with Gasteiger partial charge >= 0.3 is 0 Å². The maximum atomic E-state index is 3.32. The summed E-state index contributed by atoms with van der Waals surface area (Å²) in [6.45, 7) is 0. The summed E-state index contributed by atoms with van der Waals surface area (Å²) in [7, 11) is 0. The maximum Gasteiger partial charge on any atom is 0.0720 e. The highest BCUT2D eigenvalue weighted by Gasteiger charge is 2.46. The quantitative estimate of drug-likeness (QED) is 0.148. The zero-order valence-electron chi connectivity index (χ0n) is 36.6. The second kappa shape index (κ2) is 15.7. The Labute approximate surface area is 390 Å². The third-order valence-electron chi connectivity index (χ3n) is 13.9. The molecule has 1 aliphatic carbocycles. The molecule has 0 radical (unpaired) electrons. The van der Waals surface area contributed by atoms with Crippen LogP contribution in [-0.2, 0) is 5.41 Å². The van der Waals surface area contributed by atoms with Crippen molar-refractivity contribution in [1.82, 2.24) is 4.57 Å². The van der Waals surface area contributed by atoms with Crippen LogP contribution < -0.4 is 4.90 Å². The highest BCUT2D eigenvalue weighted by atomic mass is 15.1. The van der Waals surface area contributed by atoms with E-state index in [4.69, 9.17) is 0 Å². The minimum atomic E-state index is -0.568. The van der Waals surface area contributed by atoms with Gasteiger partial charge < -0.3 is 9.47 Å². The Kier molecular flexibility index (Phi) is 9.01. The largest absolute Gasteiger partial charge is 0.310 e. The van der Waals surface area contributed by atoms with Crippen molar-refractivity contribution in [3.8, 4) is 39.1 Å². The summed E-state index contributed by atoms with van der Waals surface area (Å²) < 4.78 is 2.41. The monoisotopic (exact) mass is 850 g/mol. The maximum absolute atomic E-state index is 3.32. The van der Waals surface area contributed by atoms with Gasteiger partial charge in [0.25, 0.3) is 0 Å². The van der Waals surface area contributed by atoms with Crippen LogP contribution in [0.3, 0.4) is 0 Å². The number of para-hydroxylation sites is 1. The molecule has 2 nitrogen and oxygen atoms in total. The van der Waals surface area contributed by atoms with Crippen molar-refractivity contribution in [1.29, 1.82) is 0 Å². The van der Waals surface area contributed by atoms with Gasteiger partial charge in [-0.2, -0.15) is 0 Å². The van der Waals surface area contributed by atoms with Gasteiger partial charge in [-0.1, -0.05) is 188 Å². The van der Waals surface area contributed by atoms with Crippen molar-refractivity contribution in [2.24, 2.45) is 0 Å². The summed E-state index contributed by atoms with van der Waals surface area (Å²) in [6.07, 6.45) is 0. The van der Waals surface area contributed by atoms with Crippen molar-refractivity contribution in [2.75, 3.05) is 4.90 Å². The number of benzene rings is 10. The van der Waals surface area contributed by atoms with Crippen LogP contribution in [0.25, 0.3) is 71.6 Å². The number of rotatable bonds is 8. The molecule has 1 unspecified atom stereocenters. The lowest BCUT2D eigenvalue weighted by atomic mass is 9.68. The molecule has 1 aromatic heterocycles. The molecule has 13 rings (SSSR count). The van der Waals surface area contributed by atoms with Gasteiger partial charge in [-0.15, -0.1) is 0 Å². The van der Waals surface area contributed by atoms with Crippen molar-refractivity contribution >= 4 is 49.6 Å². The molecule has 312 valence electrons. The van der Waals surface area contributed by atoms with Crippen LogP contribution in [0.4, 0.5) is 17.1 Å². The predicted octanol–water partition coefficient (Wildman–Crippen LogP) is 16.7. The first kappa shape index (κ1) is 38.5. The summed E-state index contributed by atoms with van der Waals surface area (Å²) in [5.41, 5.74) is 18.3. The lowest BCUT2D eigenvalue weighted by Gasteiger charge is -2.34. The molecule has 0 fully saturated rings. The first-order chi connectivity index (χ1) is 33.2. The predicted molar refractivity (Wildman–Crippen MR) is 279 cm³/mol. The fraction of sp³-hybridized carbons (Fsp3) is 0.0154. The molecule has 2 heteroatoms. The zero-order chi connectivity index (χ0) is 44.3. The third kappa shape index (κ3) is 6.21. The van der Waals surface area contributed by atoms with E-state index in [0.29, 0.717) is 0 Å². The normalized spacial score (nSPS) is 12.5. The second-order valence-electron chi connectivity index (χ2n) is 17.5. The van der Waals surface area contributed by atoms with Crippen LogP contribution in [0.2, 0.25) is 0 Å². The van der Waals surface area contributed by atoms with E-state index in [2.05, 4.69) is 270 Å². The number of hydrogen-bond acceptors (Lipinski definition) is 1. The standard InChI is InChI=1S/C65H42N2/c1-4-17-45(18-5-1)47-31-35-53(36-32-47)67-63-30-15-13-28-59(63)60-39-34-50(43-64(60)67)49-21-16-26-54(42-49)66(55-37-33-46-19-10-11-20-48(46)41-55)56-38-40-58-57-27-12-14-29-61(57)65(62(58)44-56,51-22-6-2-7-23-51)52-24-8-3-9-25-52/h1-2,4-8,10-44H. The van der Waals surface area contributed by atoms with Gasteiger partial charge in [-0.25, -0.2) is 0 Å². The van der Waals surface area contributed by atoms with Crippen molar-refractivity contribution < 1.29 is 0 Å². The molecular weight excluding hydrogens is 809 g/mol. The van der Waals surface area contributed by atoms with Crippen molar-refractivity contribution in [2.45, 2.75) is 5.41 Å². The Morgan fingerprint density at radius 2 is 1.00 bits per heavy atom. The van der Waals surface area contributed by atoms with Crippen molar-refractivity contribution in [3.63, 3.8) is 0 Å². The minimum Gasteiger partial charge on any atom is -0.310 e. The number of aromatic nitrogens is 1. The molecule has 0 aliphatic heterocycles. The van der Waals surface area contributed by atoms with E-state index in [9.17, 15) is 0 Å². The lowest BCUT2D eigenvalue weighted by Crippen LogP contribution is -2.28. The van der Waals surface area contributed by atoms with Gasteiger partial charge in [0.1, 0.15) is 0 Å². The first-order valence-corrected chi connectivity index (χ1v) is 23.0. The molecule has 0 saturated heterocycles. The van der Waals surface area contributed by atoms with Gasteiger partial charge in [0.05, 0.1) is 16.4 Å². The molecule has 0 spiro atoms. The van der Waals surface area contributed by atoms with Crippen LogP contribution >= 0.6 is 0 Å². The third-order valence-corrected chi connectivity index (χ3v) is 13.9. The lowest BCUT2D eigenvalue weighted by molar-refractivity contribution is 0.769. The van der Waals surface area contributed by atoms with Crippen molar-refractivity contribution in [3.05, 3.63) is 289 Å². The fourth-order valence-corrected chi connectivity index (χ4v) is 10.9. The Bertz CT molecular complexity index is 3750. The van der Waals surface area contributed by atoms with Gasteiger partial charge in [-0.05, 0) is 145 Å². The van der Waals surface area contributed by atoms with Crippen LogP contribution in [0.1, 0.15) is 22.3 Å². The Hall–Kier alpha value is -8.90. The average Bonchev–Trinajstić information content (AvgIpc) is 3.90. The SMILES string of the molecule is c1ccc(C2(c3ccccc3)c3ccccc3-c3ccc(N(c4cccc(-c5ccc6c7ccccc7n(-c7ccc(-c8ccccc8)cc7)c6c5)c4)c4ccc5ccccc5c4)cc32)cc#1. The summed E-state index contributed by atoms with van der Waals surface area (Å²) >= 11 is 0. The number of nitrogens with zero attached hydrogens (tertiary/aromatic N) is 2. The van der Waals surface area contributed by atoms with E-state index in [1.807, 2.05) is 6.07 Å². The van der Waals surface area contributed by atoms with E-state index < -0.39 is 5.41 Å². The molecule has 1 aliphatic rings. The van der Waals surface area contributed by atoms with E-state index in [1.54, 1.807) is 0 Å². The molecule has 0 amide bonds. The first-order valence-electron chi connectivity index (χ1n) is 23.0. The topological polar surface area (TPSA) is 8.17 Å². The number of hydrogen-bond donors (Lipinski definition) is 0. The number of anilines is 3. The van der Waals surface area contributed by atoms with Gasteiger partial charge in [0.15, 0.2) is 0 Å². The highest BCUT2D eigenvalue weighted by molar-refractivity contribution is 6.10. The van der Waals surface area contributed by atoms with Crippen LogP contribution in [-0.4, -0.2) is 4.57 Å². The van der Waals surface area contributed by atoms with Gasteiger partial charge in [0.2, 0.25) is 0 Å². The van der Waals surface area contributed by atoms with Gasteiger partial charge in [-0.3, -0.25) is 0 Å². The summed E-state index contributed by atoms with van der Waals surface area (Å²) in [6, 6.07) is 99.6. The van der Waals surface area contributed by atoms with E-state index in [-0.39, 0.29) is 0 Å². The average molecular weight is 851 g/mol. The Balaban J connectivity index is 0.991. The Morgan fingerprint density at radius 3 is 1.85 bits per heavy atom. The Morgan fingerprint density at radius 1 is 0.358 bits per heavy atom. The van der Waals surface area contributed by atoms with Crippen LogP contribution in [0.15, 0.2) is 255 Å². The minimum absolute atomic E-state index is 0.568. The van der Waals surface area contributed by atoms with E-state index in [1.165, 1.54) is 77.1 Å². The molecule has 0 saturated carbocycles. The molecule has 67 heavy (non-hydrogen) atoms. The molecule has 0 N–H and O–H groups in total. The number of fused-ring (bicyclic) bond motifs is 7. The molecule has 11 aromatic carbocycles. The summed E-state index contributed by atoms with van der Waals surface area (Å²) in [5.74, 6) is 0. The molecule has 1 heterocycles. The summed E-state index contributed by atoms with van der Waals surface area (Å²) in [4.78, 5) is 2.43. The van der Waals surface area contributed by atoms with Crippen LogP contribution in [0.5, 0.6) is 0 Å². The van der Waals surface area contributed by atoms with E-state index >= 15 is 0 Å². The second-order valence-corrected chi connectivity index (χ2v) is 17.5. The molecule has 12 aromatic rings. The molecule has 1 atom stereocenters. The smallest absolute Gasteiger partial charge is 0.0720 e.